The van der Waals surface area contributed by atoms with Crippen LogP contribution in [-0.4, -0.2) is 59.7 Å². The van der Waals surface area contributed by atoms with Gasteiger partial charge in [-0.3, -0.25) is 4.90 Å². The Hall–Kier alpha value is -1.71. The van der Waals surface area contributed by atoms with E-state index in [0.717, 1.165) is 43.5 Å². The first-order chi connectivity index (χ1) is 15.9. The Morgan fingerprint density at radius 1 is 0.971 bits per heavy atom. The standard InChI is InChI=1S/C24H31ClN2O5S.ClH/c1-30-21-5-4-19(14-20(21)25)33(28,29)24(16-6-9-26-10-7-16)27-11-8-17-12-22(31-2)23(32-3)13-18(17)15-27;/h4-5,12-14,16,24,26H,6-11,15H2,1-3H3;1H. The monoisotopic (exact) mass is 530 g/mol. The molecule has 2 heterocycles. The molecule has 7 nitrogen and oxygen atoms in total. The number of hydrogen-bond acceptors (Lipinski definition) is 7. The highest BCUT2D eigenvalue weighted by Crippen LogP contribution is 2.38. The largest absolute Gasteiger partial charge is 0.495 e. The highest BCUT2D eigenvalue weighted by atomic mass is 35.5. The van der Waals surface area contributed by atoms with Crippen LogP contribution in [-0.2, 0) is 22.8 Å². The van der Waals surface area contributed by atoms with Gasteiger partial charge in [0.25, 0.3) is 0 Å². The van der Waals surface area contributed by atoms with E-state index >= 15 is 0 Å². The van der Waals surface area contributed by atoms with Gasteiger partial charge in [0.05, 0.1) is 31.2 Å². The molecule has 0 amide bonds. The number of halogens is 2. The summed E-state index contributed by atoms with van der Waals surface area (Å²) < 4.78 is 44.2. The summed E-state index contributed by atoms with van der Waals surface area (Å²) in [4.78, 5) is 2.34. The minimum absolute atomic E-state index is 0. The molecule has 34 heavy (non-hydrogen) atoms. The molecule has 0 saturated carbocycles. The topological polar surface area (TPSA) is 77.1 Å². The highest BCUT2D eigenvalue weighted by Gasteiger charge is 2.41. The molecular formula is C24H32Cl2N2O5S. The van der Waals surface area contributed by atoms with Gasteiger partial charge in [-0.15, -0.1) is 12.4 Å². The molecule has 1 N–H and O–H groups in total. The van der Waals surface area contributed by atoms with Gasteiger partial charge >= 0.3 is 0 Å². The van der Waals surface area contributed by atoms with Crippen molar-refractivity contribution in [1.82, 2.24) is 10.2 Å². The zero-order valence-electron chi connectivity index (χ0n) is 19.7. The van der Waals surface area contributed by atoms with Crippen LogP contribution in [0.5, 0.6) is 17.2 Å². The molecule has 0 spiro atoms. The van der Waals surface area contributed by atoms with Gasteiger partial charge in [-0.1, -0.05) is 11.6 Å². The Morgan fingerprint density at radius 3 is 2.18 bits per heavy atom. The quantitative estimate of drug-likeness (QED) is 0.580. The van der Waals surface area contributed by atoms with E-state index in [1.54, 1.807) is 26.4 Å². The Labute approximate surface area is 213 Å². The van der Waals surface area contributed by atoms with Gasteiger partial charge < -0.3 is 19.5 Å². The van der Waals surface area contributed by atoms with E-state index in [0.29, 0.717) is 35.4 Å². The summed E-state index contributed by atoms with van der Waals surface area (Å²) in [6.45, 7) is 2.82. The van der Waals surface area contributed by atoms with Crippen molar-refractivity contribution in [3.63, 3.8) is 0 Å². The van der Waals surface area contributed by atoms with Crippen LogP contribution in [0.25, 0.3) is 0 Å². The molecule has 0 aromatic heterocycles. The summed E-state index contributed by atoms with van der Waals surface area (Å²) in [5.41, 5.74) is 2.23. The number of sulfone groups is 1. The van der Waals surface area contributed by atoms with E-state index < -0.39 is 15.2 Å². The molecule has 0 radical (unpaired) electrons. The van der Waals surface area contributed by atoms with Gasteiger partial charge in [0, 0.05) is 13.1 Å². The number of piperidine rings is 1. The van der Waals surface area contributed by atoms with E-state index in [1.807, 2.05) is 12.1 Å². The van der Waals surface area contributed by atoms with Crippen molar-refractivity contribution in [3.05, 3.63) is 46.5 Å². The second-order valence-electron chi connectivity index (χ2n) is 8.52. The van der Waals surface area contributed by atoms with E-state index in [-0.39, 0.29) is 23.2 Å². The fourth-order valence-corrected chi connectivity index (χ4v) is 7.46. The van der Waals surface area contributed by atoms with E-state index in [2.05, 4.69) is 10.2 Å². The zero-order valence-corrected chi connectivity index (χ0v) is 22.1. The summed E-state index contributed by atoms with van der Waals surface area (Å²) in [5.74, 6) is 1.84. The molecule has 10 heteroatoms. The normalized spacial score (nSPS) is 17.9. The van der Waals surface area contributed by atoms with Crippen LogP contribution in [0.1, 0.15) is 24.0 Å². The summed E-state index contributed by atoms with van der Waals surface area (Å²) in [5, 5.41) is 3.01. The summed E-state index contributed by atoms with van der Waals surface area (Å²) in [6.07, 6.45) is 2.36. The lowest BCUT2D eigenvalue weighted by molar-refractivity contribution is 0.159. The van der Waals surface area contributed by atoms with E-state index in [9.17, 15) is 8.42 Å². The third-order valence-corrected chi connectivity index (χ3v) is 9.19. The fourth-order valence-electron chi connectivity index (χ4n) is 4.96. The third kappa shape index (κ3) is 5.26. The van der Waals surface area contributed by atoms with Gasteiger partial charge in [0.1, 0.15) is 11.1 Å². The second-order valence-corrected chi connectivity index (χ2v) is 11.0. The zero-order chi connectivity index (χ0) is 23.6. The average Bonchev–Trinajstić information content (AvgIpc) is 2.83. The van der Waals surface area contributed by atoms with Crippen molar-refractivity contribution in [3.8, 4) is 17.2 Å². The molecule has 1 atom stereocenters. The summed E-state index contributed by atoms with van der Waals surface area (Å²) in [7, 11) is 1.07. The van der Waals surface area contributed by atoms with Crippen LogP contribution in [0.3, 0.4) is 0 Å². The summed E-state index contributed by atoms with van der Waals surface area (Å²) in [6, 6.07) is 8.70. The smallest absolute Gasteiger partial charge is 0.194 e. The van der Waals surface area contributed by atoms with Crippen LogP contribution in [0, 0.1) is 5.92 Å². The van der Waals surface area contributed by atoms with Crippen LogP contribution < -0.4 is 19.5 Å². The van der Waals surface area contributed by atoms with Crippen LogP contribution in [0.4, 0.5) is 0 Å². The third-order valence-electron chi connectivity index (χ3n) is 6.66. The number of benzene rings is 2. The van der Waals surface area contributed by atoms with Crippen molar-refractivity contribution in [2.45, 2.75) is 36.1 Å². The first-order valence-corrected chi connectivity index (χ1v) is 13.1. The van der Waals surface area contributed by atoms with Crippen molar-refractivity contribution in [2.24, 2.45) is 5.92 Å². The predicted molar refractivity (Wildman–Crippen MR) is 135 cm³/mol. The molecule has 2 aromatic carbocycles. The Kier molecular flexibility index (Phi) is 8.98. The Bertz CT molecular complexity index is 1110. The lowest BCUT2D eigenvalue weighted by atomic mass is 9.94. The van der Waals surface area contributed by atoms with Crippen molar-refractivity contribution >= 4 is 33.8 Å². The van der Waals surface area contributed by atoms with Gasteiger partial charge in [-0.2, -0.15) is 0 Å². The SMILES string of the molecule is COc1ccc(S(=O)(=O)C(C2CCNCC2)N2CCc3cc(OC)c(OC)cc3C2)cc1Cl.Cl. The number of nitrogens with one attached hydrogen (secondary N) is 1. The molecular weight excluding hydrogens is 499 g/mol. The first-order valence-electron chi connectivity index (χ1n) is 11.1. The van der Waals surface area contributed by atoms with Crippen LogP contribution in [0.15, 0.2) is 35.2 Å². The first kappa shape index (κ1) is 26.9. The van der Waals surface area contributed by atoms with Crippen molar-refractivity contribution in [1.29, 1.82) is 0 Å². The minimum Gasteiger partial charge on any atom is -0.495 e. The number of ether oxygens (including phenoxy) is 3. The van der Waals surface area contributed by atoms with E-state index in [1.165, 1.54) is 13.2 Å². The molecule has 1 unspecified atom stereocenters. The second kappa shape index (κ2) is 11.4. The number of hydrogen-bond donors (Lipinski definition) is 1. The lowest BCUT2D eigenvalue weighted by Crippen LogP contribution is -2.50. The fraction of sp³-hybridized carbons (Fsp3) is 0.500. The van der Waals surface area contributed by atoms with Crippen LogP contribution >= 0.6 is 24.0 Å². The van der Waals surface area contributed by atoms with Gasteiger partial charge in [0.2, 0.25) is 0 Å². The Balaban J connectivity index is 0.00000324. The van der Waals surface area contributed by atoms with Gasteiger partial charge in [-0.05, 0) is 79.7 Å². The maximum atomic E-state index is 14.0. The van der Waals surface area contributed by atoms with Gasteiger partial charge in [0.15, 0.2) is 21.3 Å². The molecule has 1 saturated heterocycles. The molecule has 0 aliphatic carbocycles. The molecule has 0 bridgehead atoms. The molecule has 2 aromatic rings. The Morgan fingerprint density at radius 2 is 1.59 bits per heavy atom. The van der Waals surface area contributed by atoms with Crippen molar-refractivity contribution < 1.29 is 22.6 Å². The predicted octanol–water partition coefficient (Wildman–Crippen LogP) is 3.95. The van der Waals surface area contributed by atoms with Gasteiger partial charge in [-0.25, -0.2) is 8.42 Å². The molecule has 2 aliphatic heterocycles. The molecule has 1 fully saturated rings. The molecule has 188 valence electrons. The number of nitrogens with zero attached hydrogens (tertiary/aromatic N) is 1. The lowest BCUT2D eigenvalue weighted by Gasteiger charge is -2.40. The number of rotatable bonds is 7. The minimum atomic E-state index is -3.68. The maximum absolute atomic E-state index is 14.0. The number of fused-ring (bicyclic) bond motifs is 1. The highest BCUT2D eigenvalue weighted by molar-refractivity contribution is 7.92. The molecule has 4 rings (SSSR count). The van der Waals surface area contributed by atoms with E-state index in [4.69, 9.17) is 25.8 Å². The molecule has 2 aliphatic rings. The maximum Gasteiger partial charge on any atom is 0.194 e. The van der Waals surface area contributed by atoms with Crippen LogP contribution in [0.2, 0.25) is 5.02 Å². The van der Waals surface area contributed by atoms with Crippen molar-refractivity contribution in [2.75, 3.05) is 41.0 Å². The summed E-state index contributed by atoms with van der Waals surface area (Å²) >= 11 is 6.30. The number of methoxy groups -OCH3 is 3. The average molecular weight is 532 g/mol.